The van der Waals surface area contributed by atoms with Gasteiger partial charge < -0.3 is 4.74 Å². The number of rotatable bonds is 15. The van der Waals surface area contributed by atoms with Gasteiger partial charge in [0.25, 0.3) is 0 Å². The van der Waals surface area contributed by atoms with Gasteiger partial charge in [-0.1, -0.05) is 165 Å². The van der Waals surface area contributed by atoms with Gasteiger partial charge in [-0.25, -0.2) is 4.39 Å². The van der Waals surface area contributed by atoms with Crippen LogP contribution in [0, 0.1) is 37.3 Å². The smallest absolute Gasteiger partial charge is 0.378 e. The van der Waals surface area contributed by atoms with E-state index in [0.29, 0.717) is 30.8 Å². The average molecular weight is 2350 g/mol. The number of aryl methyl sites for hydroxylation is 2. The van der Waals surface area contributed by atoms with Crippen LogP contribution in [0.3, 0.4) is 0 Å². The Morgan fingerprint density at radius 3 is 0.991 bits per heavy atom. The van der Waals surface area contributed by atoms with Gasteiger partial charge in [0.05, 0.1) is 58.6 Å². The number of hydrogen-bond donors (Lipinski definition) is 0. The van der Waals surface area contributed by atoms with Gasteiger partial charge in [-0.05, 0) is 103 Å². The van der Waals surface area contributed by atoms with E-state index in [2.05, 4.69) is 212 Å². The van der Waals surface area contributed by atoms with Crippen molar-refractivity contribution in [1.82, 2.24) is 24.9 Å². The summed E-state index contributed by atoms with van der Waals surface area (Å²) in [6.07, 6.45) is -0.744. The predicted octanol–water partition coefficient (Wildman–Crippen LogP) is 23.0. The summed E-state index contributed by atoms with van der Waals surface area (Å²) in [5.41, 5.74) is 14.2. The van der Waals surface area contributed by atoms with Crippen molar-refractivity contribution in [1.29, 1.82) is 0 Å². The molecule has 0 fully saturated rings. The van der Waals surface area contributed by atoms with Crippen LogP contribution < -0.4 is 0 Å². The zero-order valence-corrected chi connectivity index (χ0v) is 73.0. The first-order valence-electron chi connectivity index (χ1n) is 35.5. The fourth-order valence-electron chi connectivity index (χ4n) is 13.4. The largest absolute Gasteiger partial charge is 0.394 e. The Morgan fingerprint density at radius 2 is 0.622 bits per heavy atom. The van der Waals surface area contributed by atoms with E-state index in [-0.39, 0.29) is 106 Å². The molecule has 0 saturated carbocycles. The average Bonchev–Trinajstić information content (AvgIpc) is 0.826. The Morgan fingerprint density at radius 1 is 0.315 bits per heavy atom. The van der Waals surface area contributed by atoms with E-state index in [1.807, 2.05) is 127 Å². The van der Waals surface area contributed by atoms with Gasteiger partial charge in [-0.3, -0.25) is 24.9 Å². The van der Waals surface area contributed by atoms with Crippen LogP contribution in [0.4, 0.5) is 17.6 Å². The second-order valence-electron chi connectivity index (χ2n) is 25.9. The molecule has 569 valence electrons. The normalized spacial score (nSPS) is 10.7. The summed E-state index contributed by atoms with van der Waals surface area (Å²) in [5.74, 6) is 0. The van der Waals surface area contributed by atoms with Crippen molar-refractivity contribution in [2.24, 2.45) is 0 Å². The summed E-state index contributed by atoms with van der Waals surface area (Å²) >= 11 is 0. The van der Waals surface area contributed by atoms with Crippen molar-refractivity contribution in [2.45, 2.75) is 78.3 Å². The molecule has 6 nitrogen and oxygen atoms in total. The summed E-state index contributed by atoms with van der Waals surface area (Å²) in [7, 11) is 1.70. The maximum atomic E-state index is 13.2. The van der Waals surface area contributed by atoms with Crippen LogP contribution in [0.15, 0.2) is 297 Å². The number of hydrogen-bond acceptors (Lipinski definition) is 6. The van der Waals surface area contributed by atoms with Crippen molar-refractivity contribution >= 4 is 75.4 Å². The zero-order chi connectivity index (χ0) is 73.0. The summed E-state index contributed by atoms with van der Waals surface area (Å²) < 4.78 is 56.3. The van der Waals surface area contributed by atoms with E-state index in [1.165, 1.54) is 71.1 Å². The molecule has 0 aliphatic heterocycles. The third-order valence-corrected chi connectivity index (χ3v) is 18.3. The molecule has 111 heavy (non-hydrogen) atoms. The molecule has 0 aliphatic carbocycles. The van der Waals surface area contributed by atoms with Crippen LogP contribution in [0.5, 0.6) is 0 Å². The fourth-order valence-corrected chi connectivity index (χ4v) is 13.4. The van der Waals surface area contributed by atoms with Gasteiger partial charge in [-0.15, -0.1) is 44.8 Å². The Balaban J connectivity index is 0.000000173. The molecule has 0 saturated heterocycles. The summed E-state index contributed by atoms with van der Waals surface area (Å²) in [6, 6.07) is 115. The Kier molecular flexibility index (Phi) is 34.2. The van der Waals surface area contributed by atoms with Gasteiger partial charge in [0.2, 0.25) is 0 Å². The third kappa shape index (κ3) is 23.9. The van der Waals surface area contributed by atoms with Crippen molar-refractivity contribution in [2.75, 3.05) is 7.11 Å². The van der Waals surface area contributed by atoms with Crippen molar-refractivity contribution < 1.29 is 123 Å². The molecule has 0 bridgehead atoms. The molecule has 5 heterocycles. The number of aromatic nitrogens is 5. The van der Waals surface area contributed by atoms with Gasteiger partial charge in [0, 0.05) is 146 Å². The van der Waals surface area contributed by atoms with Crippen molar-refractivity contribution in [3.8, 4) is 0 Å². The number of fused-ring (bicyclic) bond motifs is 7. The van der Waals surface area contributed by atoms with Crippen molar-refractivity contribution in [3.05, 3.63) is 412 Å². The minimum absolute atomic E-state index is 0. The molecule has 12 aromatic carbocycles. The topological polar surface area (TPSA) is 73.7 Å². The monoisotopic (exact) mass is 2360 g/mol. The van der Waals surface area contributed by atoms with E-state index in [9.17, 15) is 17.6 Å². The molecule has 17 aromatic rings. The van der Waals surface area contributed by atoms with Crippen LogP contribution in [-0.4, -0.2) is 38.2 Å². The maximum absolute atomic E-state index is 13.2. The summed E-state index contributed by atoms with van der Waals surface area (Å²) in [6.45, 7) is 4.20. The molecule has 0 unspecified atom stereocenters. The Labute approximate surface area is 714 Å². The Hall–Kier alpha value is -8.86. The molecule has 0 atom stereocenters. The van der Waals surface area contributed by atoms with Crippen LogP contribution in [0.25, 0.3) is 75.4 Å². The molecule has 5 aromatic heterocycles. The number of nitrogens with zero attached hydrogens (tertiary/aromatic N) is 5. The van der Waals surface area contributed by atoms with Gasteiger partial charge in [0.15, 0.2) is 0 Å². The van der Waals surface area contributed by atoms with E-state index in [0.717, 1.165) is 104 Å². The Bertz CT molecular complexity index is 5810. The first-order valence-corrected chi connectivity index (χ1v) is 35.5. The number of benzene rings is 12. The first-order chi connectivity index (χ1) is 51.9. The molecular formula is C96H76F4Ir5N5O-5. The summed E-state index contributed by atoms with van der Waals surface area (Å²) in [5, 5.41) is 16.1. The number of alkyl halides is 4. The molecule has 5 radical (unpaired) electrons. The molecule has 15 heteroatoms. The zero-order valence-electron chi connectivity index (χ0n) is 61.0. The molecule has 0 amide bonds. The first kappa shape index (κ1) is 87.7. The molecule has 17 rings (SSSR count). The van der Waals surface area contributed by atoms with Crippen LogP contribution in [-0.2, 0) is 163 Å². The van der Waals surface area contributed by atoms with Crippen molar-refractivity contribution in [3.63, 3.8) is 0 Å². The SMILES string of the molecule is CCc1cc2ccccc2c(Cc2[c-]cccc2)n1.COCc1cc2ccccc2c(Cc2[c-]cccc2)n1.Cc1cc2ccccc2c(Cc2[c-]ccc3ccccc23)n1.FC(F)(F)Cc1cc2ccccc2c(Cc2[c-]cccc2)n1.FCc1cc2ccccc2c(Cc2[c-]ccc3ccccc23)n1.[Ir].[Ir].[Ir].[Ir].[Ir]. The third-order valence-electron chi connectivity index (χ3n) is 18.3. The molecular weight excluding hydrogens is 2280 g/mol. The van der Waals surface area contributed by atoms with Gasteiger partial charge >= 0.3 is 6.18 Å². The van der Waals surface area contributed by atoms with Gasteiger partial charge in [-0.2, -0.15) is 157 Å². The van der Waals surface area contributed by atoms with E-state index < -0.39 is 19.3 Å². The minimum atomic E-state index is -4.26. The van der Waals surface area contributed by atoms with E-state index >= 15 is 0 Å². The minimum Gasteiger partial charge on any atom is -0.378 e. The quantitative estimate of drug-likeness (QED) is 0.0752. The number of ether oxygens (including phenoxy) is 1. The maximum Gasteiger partial charge on any atom is 0.394 e. The molecule has 0 spiro atoms. The second-order valence-corrected chi connectivity index (χ2v) is 25.9. The molecule has 0 N–H and O–H groups in total. The van der Waals surface area contributed by atoms with E-state index in [1.54, 1.807) is 13.2 Å². The van der Waals surface area contributed by atoms with Gasteiger partial charge in [0.1, 0.15) is 6.67 Å². The number of halogens is 4. The number of methoxy groups -OCH3 is 1. The van der Waals surface area contributed by atoms with Crippen LogP contribution in [0.2, 0.25) is 0 Å². The second kappa shape index (κ2) is 43.2. The molecule has 0 aliphatic rings. The fraction of sp³-hybridized carbons (Fsp3) is 0.135. The standard InChI is InChI=1S/C21H15FN.C21H16N.C18H13F3N.C18H16NO.C18H16N.5Ir/c22-14-18-12-16-7-2-4-11-20(16)21(23-18)13-17-9-5-8-15-6-1-3-10-19(15)17;1-15-13-17-8-3-5-12-20(17)21(22-15)14-18-10-6-9-16-7-2-4-11-19(16)18;19-18(20,21)12-15-11-14-8-4-5-9-16(14)17(22-15)10-13-6-2-1-3-7-13;1-20-13-16-12-15-9-5-6-10-17(15)18(19-16)11-14-7-3-2-4-8-14;1-2-16-13-15-10-6-7-11-17(15)18(19-16)12-14-8-4-3-5-9-14;;;;;/h1-8,10-12H,13-14H2;2-9,11-13H,14H2,1H3;1-6,8-9,11H,10,12H2;2-7,9-10,12H,11,13H2,1H3;3-8,10-11,13H,2,12H2,1H3;;;;;/q5*-1;;;;;. The van der Waals surface area contributed by atoms with Crippen LogP contribution in [0.1, 0.15) is 91.7 Å². The van der Waals surface area contributed by atoms with Crippen LogP contribution >= 0.6 is 0 Å². The summed E-state index contributed by atoms with van der Waals surface area (Å²) in [4.78, 5) is 23.1. The number of pyridine rings is 5. The van der Waals surface area contributed by atoms with E-state index in [4.69, 9.17) is 19.7 Å². The predicted molar refractivity (Wildman–Crippen MR) is 424 cm³/mol.